The number of rotatable bonds is 9. The van der Waals surface area contributed by atoms with Gasteiger partial charge in [0.1, 0.15) is 6.04 Å². The van der Waals surface area contributed by atoms with Crippen molar-refractivity contribution < 1.29 is 23.8 Å². The molecule has 0 radical (unpaired) electrons. The number of nitrogens with zero attached hydrogens (tertiary/aromatic N) is 1. The van der Waals surface area contributed by atoms with Crippen LogP contribution < -0.4 is 5.32 Å². The third-order valence-electron chi connectivity index (χ3n) is 3.32. The monoisotopic (exact) mass is 302 g/mol. The number of carbonyl (C=O) groups is 2. The smallest absolute Gasteiger partial charge is 0.245 e. The van der Waals surface area contributed by atoms with Crippen LogP contribution in [0.5, 0.6) is 0 Å². The van der Waals surface area contributed by atoms with E-state index in [4.69, 9.17) is 14.2 Å². The van der Waals surface area contributed by atoms with Crippen LogP contribution in [-0.2, 0) is 23.8 Å². The lowest BCUT2D eigenvalue weighted by Gasteiger charge is -2.27. The topological polar surface area (TPSA) is 77.1 Å². The lowest BCUT2D eigenvalue weighted by molar-refractivity contribution is -0.135. The predicted octanol–water partition coefficient (Wildman–Crippen LogP) is -0.208. The van der Waals surface area contributed by atoms with E-state index in [1.807, 2.05) is 6.92 Å². The molecule has 0 saturated carbocycles. The summed E-state index contributed by atoms with van der Waals surface area (Å²) in [7, 11) is 1.62. The highest BCUT2D eigenvalue weighted by atomic mass is 16.5. The quantitative estimate of drug-likeness (QED) is 0.597. The highest BCUT2D eigenvalue weighted by molar-refractivity contribution is 5.90. The predicted molar refractivity (Wildman–Crippen MR) is 76.9 cm³/mol. The first-order valence-electron chi connectivity index (χ1n) is 7.30. The molecule has 1 N–H and O–H groups in total. The number of ether oxygens (including phenoxy) is 3. The standard InChI is InChI=1S/C14H26N2O5/c1-11-10-13(17)15-12(2)14(18)16(11)4-5-20-8-9-21-7-6-19-3/h11-12H,4-10H2,1-3H3,(H,15,17). The molecule has 7 nitrogen and oxygen atoms in total. The van der Waals surface area contributed by atoms with E-state index in [0.29, 0.717) is 46.0 Å². The van der Waals surface area contributed by atoms with Crippen molar-refractivity contribution in [1.82, 2.24) is 10.2 Å². The fourth-order valence-electron chi connectivity index (χ4n) is 2.16. The summed E-state index contributed by atoms with van der Waals surface area (Å²) in [5, 5.41) is 2.68. The van der Waals surface area contributed by atoms with E-state index >= 15 is 0 Å². The second-order valence-electron chi connectivity index (χ2n) is 5.09. The van der Waals surface area contributed by atoms with Crippen LogP contribution >= 0.6 is 0 Å². The SMILES string of the molecule is COCCOCCOCCN1C(=O)C(C)NC(=O)CC1C. The normalized spacial score (nSPS) is 23.1. The first kappa shape index (κ1) is 17.9. The summed E-state index contributed by atoms with van der Waals surface area (Å²) in [6, 6.07) is -0.580. The minimum Gasteiger partial charge on any atom is -0.382 e. The van der Waals surface area contributed by atoms with Gasteiger partial charge in [0.25, 0.3) is 0 Å². The van der Waals surface area contributed by atoms with E-state index in [9.17, 15) is 9.59 Å². The summed E-state index contributed by atoms with van der Waals surface area (Å²) < 4.78 is 15.6. The fourth-order valence-corrected chi connectivity index (χ4v) is 2.16. The number of hydrogen-bond acceptors (Lipinski definition) is 5. The molecule has 1 aliphatic rings. The van der Waals surface area contributed by atoms with Crippen LogP contribution in [0.2, 0.25) is 0 Å². The molecule has 0 aromatic carbocycles. The minimum absolute atomic E-state index is 0.0618. The molecule has 0 aliphatic carbocycles. The number of amides is 2. The molecule has 1 aliphatic heterocycles. The van der Waals surface area contributed by atoms with Gasteiger partial charge in [0.2, 0.25) is 11.8 Å². The van der Waals surface area contributed by atoms with Crippen LogP contribution in [0.4, 0.5) is 0 Å². The molecule has 1 heterocycles. The van der Waals surface area contributed by atoms with Crippen molar-refractivity contribution in [3.05, 3.63) is 0 Å². The Labute approximate surface area is 125 Å². The average molecular weight is 302 g/mol. The number of nitrogens with one attached hydrogen (secondary N) is 1. The summed E-state index contributed by atoms with van der Waals surface area (Å²) in [4.78, 5) is 25.4. The highest BCUT2D eigenvalue weighted by Crippen LogP contribution is 2.10. The van der Waals surface area contributed by atoms with Crippen molar-refractivity contribution in [3.63, 3.8) is 0 Å². The number of methoxy groups -OCH3 is 1. The van der Waals surface area contributed by atoms with Gasteiger partial charge in [-0.15, -0.1) is 0 Å². The molecule has 0 aromatic rings. The maximum Gasteiger partial charge on any atom is 0.245 e. The molecule has 21 heavy (non-hydrogen) atoms. The maximum absolute atomic E-state index is 12.2. The van der Waals surface area contributed by atoms with Crippen molar-refractivity contribution in [2.45, 2.75) is 32.4 Å². The summed E-state index contributed by atoms with van der Waals surface area (Å²) in [6.07, 6.45) is 0.330. The molecule has 0 bridgehead atoms. The molecule has 1 fully saturated rings. The van der Waals surface area contributed by atoms with E-state index in [2.05, 4.69) is 5.32 Å². The van der Waals surface area contributed by atoms with Gasteiger partial charge in [0.05, 0.1) is 33.0 Å². The van der Waals surface area contributed by atoms with Gasteiger partial charge >= 0.3 is 0 Å². The average Bonchev–Trinajstić information content (AvgIpc) is 2.52. The summed E-state index contributed by atoms with van der Waals surface area (Å²) in [5.74, 6) is -0.147. The zero-order chi connectivity index (χ0) is 15.7. The fraction of sp³-hybridized carbons (Fsp3) is 0.857. The molecule has 2 amide bonds. The first-order valence-corrected chi connectivity index (χ1v) is 7.30. The van der Waals surface area contributed by atoms with Gasteiger partial charge in [-0.25, -0.2) is 0 Å². The second-order valence-corrected chi connectivity index (χ2v) is 5.09. The van der Waals surface area contributed by atoms with Gasteiger partial charge in [-0.3, -0.25) is 9.59 Å². The van der Waals surface area contributed by atoms with Gasteiger partial charge < -0.3 is 24.4 Å². The van der Waals surface area contributed by atoms with E-state index in [1.165, 1.54) is 0 Å². The maximum atomic E-state index is 12.2. The summed E-state index contributed by atoms with van der Waals surface area (Å²) >= 11 is 0. The lowest BCUT2D eigenvalue weighted by atomic mass is 10.2. The Morgan fingerprint density at radius 3 is 2.38 bits per heavy atom. The molecule has 1 rings (SSSR count). The number of hydrogen-bond donors (Lipinski definition) is 1. The molecule has 1 saturated heterocycles. The van der Waals surface area contributed by atoms with Crippen molar-refractivity contribution >= 4 is 11.8 Å². The van der Waals surface area contributed by atoms with Crippen molar-refractivity contribution in [1.29, 1.82) is 0 Å². The third kappa shape index (κ3) is 6.41. The molecule has 0 aromatic heterocycles. The van der Waals surface area contributed by atoms with Crippen molar-refractivity contribution in [2.24, 2.45) is 0 Å². The van der Waals surface area contributed by atoms with Gasteiger partial charge in [0.15, 0.2) is 0 Å². The van der Waals surface area contributed by atoms with Crippen LogP contribution in [0.1, 0.15) is 20.3 Å². The van der Waals surface area contributed by atoms with E-state index < -0.39 is 6.04 Å². The summed E-state index contributed by atoms with van der Waals surface area (Å²) in [6.45, 7) is 6.60. The molecule has 0 spiro atoms. The number of carbonyl (C=O) groups excluding carboxylic acids is 2. The molecular weight excluding hydrogens is 276 g/mol. The zero-order valence-electron chi connectivity index (χ0n) is 13.1. The third-order valence-corrected chi connectivity index (χ3v) is 3.32. The zero-order valence-corrected chi connectivity index (χ0v) is 13.1. The van der Waals surface area contributed by atoms with Crippen LogP contribution in [-0.4, -0.2) is 75.5 Å². The van der Waals surface area contributed by atoms with E-state index in [-0.39, 0.29) is 17.9 Å². The summed E-state index contributed by atoms with van der Waals surface area (Å²) in [5.41, 5.74) is 0. The Kier molecular flexibility index (Phi) is 8.26. The van der Waals surface area contributed by atoms with Gasteiger partial charge in [0, 0.05) is 26.1 Å². The van der Waals surface area contributed by atoms with Gasteiger partial charge in [-0.05, 0) is 13.8 Å². The van der Waals surface area contributed by atoms with Crippen LogP contribution in [0.15, 0.2) is 0 Å². The minimum atomic E-state index is -0.472. The second kappa shape index (κ2) is 9.70. The molecule has 2 atom stereocenters. The van der Waals surface area contributed by atoms with Gasteiger partial charge in [-0.2, -0.15) is 0 Å². The first-order chi connectivity index (χ1) is 10.1. The van der Waals surface area contributed by atoms with Gasteiger partial charge in [-0.1, -0.05) is 0 Å². The Bertz CT molecular complexity index is 337. The van der Waals surface area contributed by atoms with Crippen LogP contribution in [0.3, 0.4) is 0 Å². The Balaban J connectivity index is 2.23. The highest BCUT2D eigenvalue weighted by Gasteiger charge is 2.30. The molecule has 2 unspecified atom stereocenters. The van der Waals surface area contributed by atoms with E-state index in [1.54, 1.807) is 18.9 Å². The van der Waals surface area contributed by atoms with Crippen molar-refractivity contribution in [2.75, 3.05) is 46.7 Å². The lowest BCUT2D eigenvalue weighted by Crippen LogP contribution is -2.46. The largest absolute Gasteiger partial charge is 0.382 e. The molecule has 7 heteroatoms. The molecular formula is C14H26N2O5. The molecule has 122 valence electrons. The van der Waals surface area contributed by atoms with E-state index in [0.717, 1.165) is 0 Å². The Morgan fingerprint density at radius 2 is 1.71 bits per heavy atom. The van der Waals surface area contributed by atoms with Crippen LogP contribution in [0, 0.1) is 0 Å². The Hall–Kier alpha value is -1.18. The van der Waals surface area contributed by atoms with Crippen molar-refractivity contribution in [3.8, 4) is 0 Å². The Morgan fingerprint density at radius 1 is 1.10 bits per heavy atom. The van der Waals surface area contributed by atoms with Crippen LogP contribution in [0.25, 0.3) is 0 Å².